The summed E-state index contributed by atoms with van der Waals surface area (Å²) in [6, 6.07) is 9.24. The molecule has 3 heteroatoms. The van der Waals surface area contributed by atoms with Gasteiger partial charge in [-0.05, 0) is 52.8 Å². The van der Waals surface area contributed by atoms with Crippen molar-refractivity contribution in [2.75, 3.05) is 7.05 Å². The van der Waals surface area contributed by atoms with Crippen LogP contribution in [0, 0.1) is 0 Å². The fourth-order valence-corrected chi connectivity index (χ4v) is 2.36. The van der Waals surface area contributed by atoms with Gasteiger partial charge in [0.05, 0.1) is 18.2 Å². The van der Waals surface area contributed by atoms with Crippen LogP contribution in [0.5, 0.6) is 0 Å². The maximum Gasteiger partial charge on any atom is 0.0955 e. The van der Waals surface area contributed by atoms with E-state index in [1.54, 1.807) is 0 Å². The smallest absolute Gasteiger partial charge is 0.0955 e. The molecule has 2 aromatic rings. The second-order valence-electron chi connectivity index (χ2n) is 6.41. The lowest BCUT2D eigenvalue weighted by Crippen LogP contribution is -2.23. The van der Waals surface area contributed by atoms with Crippen molar-refractivity contribution < 1.29 is 0 Å². The summed E-state index contributed by atoms with van der Waals surface area (Å²) < 4.78 is 2.23. The highest BCUT2D eigenvalue weighted by Gasteiger charge is 2.17. The van der Waals surface area contributed by atoms with Crippen LogP contribution in [0.3, 0.4) is 0 Å². The van der Waals surface area contributed by atoms with Crippen LogP contribution >= 0.6 is 0 Å². The molecule has 3 nitrogen and oxygen atoms in total. The summed E-state index contributed by atoms with van der Waals surface area (Å²) in [6.45, 7) is 8.80. The van der Waals surface area contributed by atoms with Crippen LogP contribution in [0.4, 0.5) is 0 Å². The molecular weight excluding hydrogens is 246 g/mol. The fourth-order valence-electron chi connectivity index (χ4n) is 2.36. The van der Waals surface area contributed by atoms with E-state index in [-0.39, 0.29) is 5.54 Å². The zero-order chi connectivity index (χ0) is 14.8. The van der Waals surface area contributed by atoms with Crippen molar-refractivity contribution in [2.45, 2.75) is 45.7 Å². The number of nitrogens with one attached hydrogen (secondary N) is 1. The van der Waals surface area contributed by atoms with Gasteiger partial charge >= 0.3 is 0 Å². The maximum absolute atomic E-state index is 4.32. The first-order valence-corrected chi connectivity index (χ1v) is 7.21. The van der Waals surface area contributed by atoms with Gasteiger partial charge in [-0.15, -0.1) is 0 Å². The Labute approximate surface area is 122 Å². The Morgan fingerprint density at radius 2 is 2.05 bits per heavy atom. The van der Waals surface area contributed by atoms with Crippen LogP contribution < -0.4 is 5.32 Å². The minimum Gasteiger partial charge on any atom is -0.325 e. The molecule has 108 valence electrons. The molecule has 0 spiro atoms. The van der Waals surface area contributed by atoms with Gasteiger partial charge in [0.1, 0.15) is 0 Å². The van der Waals surface area contributed by atoms with Gasteiger partial charge in [-0.2, -0.15) is 0 Å². The van der Waals surface area contributed by atoms with Gasteiger partial charge in [0.15, 0.2) is 0 Å². The first-order valence-electron chi connectivity index (χ1n) is 7.21. The Kier molecular flexibility index (Phi) is 4.29. The molecule has 0 aliphatic carbocycles. The summed E-state index contributed by atoms with van der Waals surface area (Å²) in [5.41, 5.74) is 3.81. The summed E-state index contributed by atoms with van der Waals surface area (Å²) in [7, 11) is 2.00. The van der Waals surface area contributed by atoms with Gasteiger partial charge in [0.2, 0.25) is 0 Å². The Bertz CT molecular complexity index is 564. The molecule has 0 bridgehead atoms. The summed E-state index contributed by atoms with van der Waals surface area (Å²) >= 11 is 0. The number of nitrogens with zero attached hydrogens (tertiary/aromatic N) is 2. The predicted molar refractivity (Wildman–Crippen MR) is 84.9 cm³/mol. The van der Waals surface area contributed by atoms with E-state index in [4.69, 9.17) is 0 Å². The highest BCUT2D eigenvalue weighted by Crippen LogP contribution is 2.26. The van der Waals surface area contributed by atoms with Crippen molar-refractivity contribution in [3.05, 3.63) is 42.4 Å². The third kappa shape index (κ3) is 3.28. The second kappa shape index (κ2) is 5.80. The van der Waals surface area contributed by atoms with Gasteiger partial charge < -0.3 is 9.88 Å². The topological polar surface area (TPSA) is 29.9 Å². The minimum atomic E-state index is 0.0418. The average molecular weight is 271 g/mol. The molecule has 0 fully saturated rings. The molecule has 20 heavy (non-hydrogen) atoms. The molecule has 0 aliphatic heterocycles. The number of imidazole rings is 1. The number of aromatic nitrogens is 2. The summed E-state index contributed by atoms with van der Waals surface area (Å²) in [6.07, 6.45) is 4.90. The van der Waals surface area contributed by atoms with E-state index in [1.165, 1.54) is 16.8 Å². The van der Waals surface area contributed by atoms with E-state index in [0.29, 0.717) is 6.04 Å². The van der Waals surface area contributed by atoms with Crippen LogP contribution in [-0.2, 0) is 12.0 Å². The summed E-state index contributed by atoms with van der Waals surface area (Å²) in [5, 5.41) is 3.29. The highest BCUT2D eigenvalue weighted by molar-refractivity contribution is 5.60. The lowest BCUT2D eigenvalue weighted by Gasteiger charge is -2.23. The molecule has 0 amide bonds. The van der Waals surface area contributed by atoms with Crippen LogP contribution in [0.25, 0.3) is 11.3 Å². The van der Waals surface area contributed by atoms with Crippen LogP contribution in [0.2, 0.25) is 0 Å². The third-order valence-corrected chi connectivity index (χ3v) is 3.62. The number of rotatable bonds is 4. The van der Waals surface area contributed by atoms with E-state index in [0.717, 1.165) is 6.42 Å². The number of benzene rings is 1. The quantitative estimate of drug-likeness (QED) is 0.923. The van der Waals surface area contributed by atoms with Crippen LogP contribution in [0.1, 0.15) is 33.3 Å². The first-order chi connectivity index (χ1) is 9.41. The third-order valence-electron chi connectivity index (χ3n) is 3.62. The number of likely N-dealkylation sites (N-methyl/N-ethyl adjacent to an activating group) is 1. The molecule has 0 aliphatic rings. The van der Waals surface area contributed by atoms with E-state index in [2.05, 4.69) is 66.8 Å². The number of hydrogen-bond donors (Lipinski definition) is 1. The molecule has 1 unspecified atom stereocenters. The molecular formula is C17H25N3. The molecule has 1 atom stereocenters. The maximum atomic E-state index is 4.32. The fraction of sp³-hybridized carbons (Fsp3) is 0.471. The molecule has 0 saturated carbocycles. The lowest BCUT2D eigenvalue weighted by molar-refractivity contribution is 0.400. The van der Waals surface area contributed by atoms with Gasteiger partial charge in [-0.1, -0.05) is 18.2 Å². The van der Waals surface area contributed by atoms with Crippen molar-refractivity contribution >= 4 is 0 Å². The highest BCUT2D eigenvalue weighted by atomic mass is 15.1. The van der Waals surface area contributed by atoms with Crippen molar-refractivity contribution in [3.8, 4) is 11.3 Å². The second-order valence-corrected chi connectivity index (χ2v) is 6.41. The van der Waals surface area contributed by atoms with E-state index < -0.39 is 0 Å². The predicted octanol–water partition coefficient (Wildman–Crippen LogP) is 3.46. The molecule has 1 heterocycles. The van der Waals surface area contributed by atoms with E-state index >= 15 is 0 Å². The zero-order valence-corrected chi connectivity index (χ0v) is 13.1. The Balaban J connectivity index is 2.35. The van der Waals surface area contributed by atoms with Crippen molar-refractivity contribution in [2.24, 2.45) is 0 Å². The Morgan fingerprint density at radius 1 is 1.30 bits per heavy atom. The van der Waals surface area contributed by atoms with Gasteiger partial charge in [-0.25, -0.2) is 4.98 Å². The average Bonchev–Trinajstić information content (AvgIpc) is 2.88. The molecule has 0 radical (unpaired) electrons. The van der Waals surface area contributed by atoms with Gasteiger partial charge in [0, 0.05) is 17.1 Å². The summed E-state index contributed by atoms with van der Waals surface area (Å²) in [4.78, 5) is 4.32. The van der Waals surface area contributed by atoms with Gasteiger partial charge in [0.25, 0.3) is 0 Å². The molecule has 1 aromatic heterocycles. The Hall–Kier alpha value is -1.61. The zero-order valence-electron chi connectivity index (χ0n) is 13.1. The molecule has 0 saturated heterocycles. The SMILES string of the molecule is CNC(C)Cc1cccc(-c2cncn2C(C)(C)C)c1. The molecule has 1 N–H and O–H groups in total. The van der Waals surface area contributed by atoms with Crippen molar-refractivity contribution in [3.63, 3.8) is 0 Å². The normalized spacial score (nSPS) is 13.4. The largest absolute Gasteiger partial charge is 0.325 e. The van der Waals surface area contributed by atoms with Crippen LogP contribution in [-0.4, -0.2) is 22.6 Å². The van der Waals surface area contributed by atoms with Gasteiger partial charge in [-0.3, -0.25) is 0 Å². The number of hydrogen-bond acceptors (Lipinski definition) is 2. The minimum absolute atomic E-state index is 0.0418. The lowest BCUT2D eigenvalue weighted by atomic mass is 10.0. The molecule has 1 aromatic carbocycles. The monoisotopic (exact) mass is 271 g/mol. The van der Waals surface area contributed by atoms with E-state index in [1.807, 2.05) is 19.6 Å². The Morgan fingerprint density at radius 3 is 2.70 bits per heavy atom. The first kappa shape index (κ1) is 14.8. The van der Waals surface area contributed by atoms with Crippen molar-refractivity contribution in [1.29, 1.82) is 0 Å². The standard InChI is InChI=1S/C17H25N3/c1-13(18-5)9-14-7-6-8-15(10-14)16-11-19-12-20(16)17(2,3)4/h6-8,10-13,18H,9H2,1-5H3. The van der Waals surface area contributed by atoms with E-state index in [9.17, 15) is 0 Å². The van der Waals surface area contributed by atoms with Crippen molar-refractivity contribution in [1.82, 2.24) is 14.9 Å². The van der Waals surface area contributed by atoms with Crippen LogP contribution in [0.15, 0.2) is 36.8 Å². The summed E-state index contributed by atoms with van der Waals surface area (Å²) in [5.74, 6) is 0. The molecule has 2 rings (SSSR count).